The lowest BCUT2D eigenvalue weighted by atomic mass is 9.99. The first-order valence-electron chi connectivity index (χ1n) is 7.99. The van der Waals surface area contributed by atoms with Crippen molar-refractivity contribution in [3.8, 4) is 34.2 Å². The second kappa shape index (κ2) is 8.64. The van der Waals surface area contributed by atoms with Gasteiger partial charge in [0.2, 0.25) is 0 Å². The van der Waals surface area contributed by atoms with Crippen molar-refractivity contribution >= 4 is 12.3 Å². The van der Waals surface area contributed by atoms with Gasteiger partial charge in [0.1, 0.15) is 17.5 Å². The Balaban J connectivity index is 0.000000878. The van der Waals surface area contributed by atoms with Crippen molar-refractivity contribution < 1.29 is 19.0 Å². The summed E-state index contributed by atoms with van der Waals surface area (Å²) in [6, 6.07) is 8.35. The SMILES string of the molecule is COc1ccc(-c2cc(-c3cnn(C)c3C)c(C#N)c(N)n2)cc1F.O=CO. The number of carboxylic acid groups (broad SMARTS) is 1. The quantitative estimate of drug-likeness (QED) is 0.666. The molecule has 0 aliphatic carbocycles. The summed E-state index contributed by atoms with van der Waals surface area (Å²) in [6.07, 6.45) is 1.67. The summed E-state index contributed by atoms with van der Waals surface area (Å²) < 4.78 is 20.7. The molecule has 2 heterocycles. The van der Waals surface area contributed by atoms with E-state index >= 15 is 0 Å². The molecule has 2 aromatic heterocycles. The smallest absolute Gasteiger partial charge is 0.290 e. The number of nitriles is 1. The van der Waals surface area contributed by atoms with Crippen molar-refractivity contribution in [1.82, 2.24) is 14.8 Å². The minimum Gasteiger partial charge on any atom is -0.494 e. The summed E-state index contributed by atoms with van der Waals surface area (Å²) in [5.74, 6) is -0.257. The van der Waals surface area contributed by atoms with E-state index in [1.807, 2.05) is 14.0 Å². The second-order valence-electron chi connectivity index (χ2n) is 5.65. The fourth-order valence-electron chi connectivity index (χ4n) is 2.63. The minimum atomic E-state index is -0.496. The lowest BCUT2D eigenvalue weighted by molar-refractivity contribution is -0.122. The second-order valence-corrected chi connectivity index (χ2v) is 5.65. The van der Waals surface area contributed by atoms with E-state index in [4.69, 9.17) is 20.4 Å². The Hall–Kier alpha value is -3.93. The highest BCUT2D eigenvalue weighted by Crippen LogP contribution is 2.33. The molecule has 0 saturated heterocycles. The average molecular weight is 383 g/mol. The van der Waals surface area contributed by atoms with Gasteiger partial charge >= 0.3 is 0 Å². The number of carbonyl (C=O) groups is 1. The lowest BCUT2D eigenvalue weighted by Gasteiger charge is -2.11. The van der Waals surface area contributed by atoms with Gasteiger partial charge in [0.25, 0.3) is 6.47 Å². The maximum atomic E-state index is 14.0. The maximum absolute atomic E-state index is 14.0. The molecular formula is C19H18FN5O3. The van der Waals surface area contributed by atoms with Gasteiger partial charge in [-0.15, -0.1) is 0 Å². The number of aryl methyl sites for hydroxylation is 1. The molecule has 0 aliphatic rings. The molecule has 3 rings (SSSR count). The number of pyridine rings is 1. The highest BCUT2D eigenvalue weighted by molar-refractivity contribution is 5.81. The molecule has 8 nitrogen and oxygen atoms in total. The van der Waals surface area contributed by atoms with Crippen LogP contribution in [0.1, 0.15) is 11.3 Å². The molecule has 0 unspecified atom stereocenters. The van der Waals surface area contributed by atoms with Gasteiger partial charge in [-0.1, -0.05) is 0 Å². The molecule has 0 amide bonds. The van der Waals surface area contributed by atoms with Crippen molar-refractivity contribution in [2.24, 2.45) is 7.05 Å². The van der Waals surface area contributed by atoms with Crippen LogP contribution in [0, 0.1) is 24.1 Å². The number of nitrogens with zero attached hydrogens (tertiary/aromatic N) is 4. The molecular weight excluding hydrogens is 365 g/mol. The predicted molar refractivity (Wildman–Crippen MR) is 101 cm³/mol. The van der Waals surface area contributed by atoms with Crippen LogP contribution < -0.4 is 10.5 Å². The standard InChI is InChI=1S/C18H16FN5O.CH2O2/c1-10-14(9-22-24(10)2)12-7-16(23-18(21)13(12)8-20)11-4-5-17(25-3)15(19)6-11;2-1-3/h4-7,9H,1-3H3,(H2,21,23);1H,(H,2,3). The van der Waals surface area contributed by atoms with Gasteiger partial charge in [-0.3, -0.25) is 9.48 Å². The Labute approximate surface area is 160 Å². The van der Waals surface area contributed by atoms with Gasteiger partial charge in [-0.25, -0.2) is 9.37 Å². The molecule has 0 aliphatic heterocycles. The van der Waals surface area contributed by atoms with E-state index in [1.54, 1.807) is 23.0 Å². The summed E-state index contributed by atoms with van der Waals surface area (Å²) in [6.45, 7) is 1.65. The van der Waals surface area contributed by atoms with Crippen molar-refractivity contribution in [3.05, 3.63) is 47.5 Å². The van der Waals surface area contributed by atoms with Gasteiger partial charge in [-0.2, -0.15) is 10.4 Å². The third-order valence-corrected chi connectivity index (χ3v) is 4.13. The zero-order valence-electron chi connectivity index (χ0n) is 15.5. The third-order valence-electron chi connectivity index (χ3n) is 4.13. The fourth-order valence-corrected chi connectivity index (χ4v) is 2.63. The van der Waals surface area contributed by atoms with Gasteiger partial charge in [0, 0.05) is 29.4 Å². The van der Waals surface area contributed by atoms with Crippen LogP contribution in [0.3, 0.4) is 0 Å². The van der Waals surface area contributed by atoms with E-state index in [1.165, 1.54) is 19.2 Å². The van der Waals surface area contributed by atoms with Crippen LogP contribution >= 0.6 is 0 Å². The normalized spacial score (nSPS) is 9.82. The molecule has 144 valence electrons. The molecule has 0 saturated carbocycles. The Morgan fingerprint density at radius 2 is 2.04 bits per heavy atom. The molecule has 0 radical (unpaired) electrons. The number of rotatable bonds is 3. The zero-order valence-corrected chi connectivity index (χ0v) is 15.5. The minimum absolute atomic E-state index is 0.0921. The first kappa shape index (κ1) is 20.4. The number of nitrogens with two attached hydrogens (primary N) is 1. The van der Waals surface area contributed by atoms with Crippen molar-refractivity contribution in [2.75, 3.05) is 12.8 Å². The van der Waals surface area contributed by atoms with E-state index < -0.39 is 5.82 Å². The average Bonchev–Trinajstić information content (AvgIpc) is 3.00. The Bertz CT molecular complexity index is 1060. The third kappa shape index (κ3) is 3.91. The summed E-state index contributed by atoms with van der Waals surface area (Å²) in [5, 5.41) is 20.6. The van der Waals surface area contributed by atoms with E-state index in [-0.39, 0.29) is 23.6 Å². The number of hydrogen-bond acceptors (Lipinski definition) is 6. The topological polar surface area (TPSA) is 127 Å². The predicted octanol–water partition coefficient (Wildman–Crippen LogP) is 2.76. The molecule has 9 heteroatoms. The van der Waals surface area contributed by atoms with Crippen LogP contribution in [0.2, 0.25) is 0 Å². The van der Waals surface area contributed by atoms with Crippen LogP contribution in [0.25, 0.3) is 22.4 Å². The Kier molecular flexibility index (Phi) is 6.29. The number of anilines is 1. The monoisotopic (exact) mass is 383 g/mol. The number of ether oxygens (including phenoxy) is 1. The molecule has 0 bridgehead atoms. The van der Waals surface area contributed by atoms with Crippen LogP contribution in [0.5, 0.6) is 5.75 Å². The Morgan fingerprint density at radius 1 is 1.36 bits per heavy atom. The molecule has 3 aromatic rings. The first-order valence-corrected chi connectivity index (χ1v) is 7.99. The van der Waals surface area contributed by atoms with Gasteiger partial charge in [-0.05, 0) is 31.2 Å². The summed E-state index contributed by atoms with van der Waals surface area (Å²) in [7, 11) is 3.22. The maximum Gasteiger partial charge on any atom is 0.290 e. The van der Waals surface area contributed by atoms with Crippen molar-refractivity contribution in [1.29, 1.82) is 5.26 Å². The lowest BCUT2D eigenvalue weighted by Crippen LogP contribution is -2.01. The molecule has 28 heavy (non-hydrogen) atoms. The number of nitrogen functional groups attached to an aromatic ring is 1. The number of methoxy groups -OCH3 is 1. The largest absolute Gasteiger partial charge is 0.494 e. The van der Waals surface area contributed by atoms with Crippen molar-refractivity contribution in [2.45, 2.75) is 6.92 Å². The number of aromatic nitrogens is 3. The van der Waals surface area contributed by atoms with Crippen LogP contribution in [0.4, 0.5) is 10.2 Å². The molecule has 1 aromatic carbocycles. The summed E-state index contributed by atoms with van der Waals surface area (Å²) >= 11 is 0. The Morgan fingerprint density at radius 3 is 2.54 bits per heavy atom. The van der Waals surface area contributed by atoms with Gasteiger partial charge in [0.15, 0.2) is 11.6 Å². The van der Waals surface area contributed by atoms with Gasteiger partial charge < -0.3 is 15.6 Å². The fraction of sp³-hybridized carbons (Fsp3) is 0.158. The number of benzene rings is 1. The van der Waals surface area contributed by atoms with Gasteiger partial charge in [0.05, 0.1) is 19.0 Å². The molecule has 3 N–H and O–H groups in total. The summed E-state index contributed by atoms with van der Waals surface area (Å²) in [5.41, 5.74) is 9.54. The molecule has 0 spiro atoms. The number of halogens is 1. The highest BCUT2D eigenvalue weighted by Gasteiger charge is 2.17. The zero-order chi connectivity index (χ0) is 20.8. The van der Waals surface area contributed by atoms with E-state index in [0.717, 1.165) is 11.3 Å². The molecule has 0 atom stereocenters. The molecule has 0 fully saturated rings. The van der Waals surface area contributed by atoms with Crippen LogP contribution in [0.15, 0.2) is 30.5 Å². The number of hydrogen-bond donors (Lipinski definition) is 2. The van der Waals surface area contributed by atoms with Crippen LogP contribution in [-0.2, 0) is 11.8 Å². The van der Waals surface area contributed by atoms with Crippen molar-refractivity contribution in [3.63, 3.8) is 0 Å². The highest BCUT2D eigenvalue weighted by atomic mass is 19.1. The van der Waals surface area contributed by atoms with E-state index in [2.05, 4.69) is 16.2 Å². The summed E-state index contributed by atoms with van der Waals surface area (Å²) in [4.78, 5) is 12.6. The van der Waals surface area contributed by atoms with E-state index in [9.17, 15) is 9.65 Å². The van der Waals surface area contributed by atoms with E-state index in [0.29, 0.717) is 16.8 Å². The van der Waals surface area contributed by atoms with Crippen LogP contribution in [-0.4, -0.2) is 33.5 Å². The first-order chi connectivity index (χ1) is 13.4.